The molecule has 3 amide bonds. The molecule has 0 aliphatic carbocycles. The van der Waals surface area contributed by atoms with Gasteiger partial charge in [-0.2, -0.15) is 0 Å². The van der Waals surface area contributed by atoms with E-state index in [1.54, 1.807) is 19.1 Å². The van der Waals surface area contributed by atoms with E-state index in [9.17, 15) is 14.4 Å². The molecule has 0 fully saturated rings. The van der Waals surface area contributed by atoms with Gasteiger partial charge in [-0.25, -0.2) is 14.6 Å². The number of carbonyl (C=O) groups is 3. The summed E-state index contributed by atoms with van der Waals surface area (Å²) in [5, 5.41) is 7.40. The Kier molecular flexibility index (Phi) is 9.08. The van der Waals surface area contributed by atoms with E-state index >= 15 is 0 Å². The van der Waals surface area contributed by atoms with E-state index in [0.29, 0.717) is 11.4 Å². The van der Waals surface area contributed by atoms with E-state index < -0.39 is 12.2 Å². The first-order chi connectivity index (χ1) is 15.2. The van der Waals surface area contributed by atoms with Crippen molar-refractivity contribution in [3.63, 3.8) is 0 Å². The number of ether oxygens (including phenoxy) is 2. The van der Waals surface area contributed by atoms with Crippen molar-refractivity contribution in [3.8, 4) is 0 Å². The van der Waals surface area contributed by atoms with E-state index in [0.717, 1.165) is 9.79 Å². The summed E-state index contributed by atoms with van der Waals surface area (Å²) >= 11 is 1.54. The Morgan fingerprint density at radius 1 is 0.906 bits per heavy atom. The molecule has 0 heterocycles. The van der Waals surface area contributed by atoms with Crippen LogP contribution in [0.2, 0.25) is 0 Å². The molecular formula is C22H26N4O5S. The van der Waals surface area contributed by atoms with Gasteiger partial charge in [0.05, 0.1) is 25.6 Å². The zero-order valence-electron chi connectivity index (χ0n) is 18.6. The highest BCUT2D eigenvalue weighted by Crippen LogP contribution is 2.35. The van der Waals surface area contributed by atoms with Gasteiger partial charge in [-0.15, -0.1) is 0 Å². The number of hydrogen-bond donors (Lipinski definition) is 3. The normalized spacial score (nSPS) is 10.0. The molecule has 0 saturated carbocycles. The fourth-order valence-electron chi connectivity index (χ4n) is 2.43. The summed E-state index contributed by atoms with van der Waals surface area (Å²) in [6, 6.07) is 11.5. The lowest BCUT2D eigenvalue weighted by Gasteiger charge is -2.13. The van der Waals surface area contributed by atoms with Crippen LogP contribution in [0.4, 0.5) is 21.0 Å². The SMILES string of the molecule is CCC(=O)Nc1cc(Sc2ccc(C)c(C)c2)ccc1N=C(NC(=O)OC)NC(=O)OC. The van der Waals surface area contributed by atoms with E-state index in [-0.39, 0.29) is 18.3 Å². The molecule has 0 aliphatic rings. The van der Waals surface area contributed by atoms with Crippen molar-refractivity contribution in [2.24, 2.45) is 4.99 Å². The Balaban J connectivity index is 2.43. The molecule has 0 aromatic heterocycles. The Morgan fingerprint density at radius 2 is 1.50 bits per heavy atom. The predicted octanol–water partition coefficient (Wildman–Crippen LogP) is 4.50. The van der Waals surface area contributed by atoms with Crippen molar-refractivity contribution in [2.75, 3.05) is 19.5 Å². The number of nitrogens with zero attached hydrogens (tertiary/aromatic N) is 1. The Labute approximate surface area is 191 Å². The van der Waals surface area contributed by atoms with Crippen LogP contribution in [0.5, 0.6) is 0 Å². The molecule has 0 radical (unpaired) electrons. The molecule has 0 unspecified atom stereocenters. The molecular weight excluding hydrogens is 432 g/mol. The molecule has 0 aliphatic heterocycles. The number of methoxy groups -OCH3 is 2. The number of hydrogen-bond acceptors (Lipinski definition) is 7. The van der Waals surface area contributed by atoms with Gasteiger partial charge in [0.1, 0.15) is 0 Å². The quantitative estimate of drug-likeness (QED) is 0.448. The highest BCUT2D eigenvalue weighted by atomic mass is 32.2. The molecule has 32 heavy (non-hydrogen) atoms. The summed E-state index contributed by atoms with van der Waals surface area (Å²) in [5.74, 6) is -0.427. The summed E-state index contributed by atoms with van der Waals surface area (Å²) in [6.45, 7) is 5.83. The van der Waals surface area contributed by atoms with Gasteiger partial charge in [0.15, 0.2) is 0 Å². The van der Waals surface area contributed by atoms with Gasteiger partial charge in [-0.05, 0) is 55.3 Å². The molecule has 0 saturated heterocycles. The van der Waals surface area contributed by atoms with Crippen molar-refractivity contribution in [2.45, 2.75) is 37.0 Å². The van der Waals surface area contributed by atoms with Crippen LogP contribution in [0.25, 0.3) is 0 Å². The number of nitrogens with one attached hydrogen (secondary N) is 3. The van der Waals surface area contributed by atoms with Crippen LogP contribution in [-0.2, 0) is 14.3 Å². The van der Waals surface area contributed by atoms with Gasteiger partial charge in [0.25, 0.3) is 0 Å². The Bertz CT molecular complexity index is 1020. The second-order valence-electron chi connectivity index (χ2n) is 6.62. The minimum Gasteiger partial charge on any atom is -0.453 e. The number of rotatable bonds is 5. The molecule has 170 valence electrons. The Morgan fingerprint density at radius 3 is 2.06 bits per heavy atom. The predicted molar refractivity (Wildman–Crippen MR) is 124 cm³/mol. The van der Waals surface area contributed by atoms with Crippen LogP contribution >= 0.6 is 11.8 Å². The highest BCUT2D eigenvalue weighted by Gasteiger charge is 2.13. The van der Waals surface area contributed by atoms with Crippen LogP contribution in [0.15, 0.2) is 51.2 Å². The first kappa shape index (κ1) is 24.7. The summed E-state index contributed by atoms with van der Waals surface area (Å²) in [5.41, 5.74) is 3.13. The molecule has 9 nitrogen and oxygen atoms in total. The van der Waals surface area contributed by atoms with Crippen molar-refractivity contribution < 1.29 is 23.9 Å². The van der Waals surface area contributed by atoms with E-state index in [1.165, 1.54) is 37.1 Å². The maximum Gasteiger partial charge on any atom is 0.413 e. The molecule has 2 aromatic carbocycles. The fraction of sp³-hybridized carbons (Fsp3) is 0.273. The number of guanidine groups is 1. The number of aliphatic imine (C=N–C) groups is 1. The molecule has 2 rings (SSSR count). The Hall–Kier alpha value is -3.53. The van der Waals surface area contributed by atoms with Gasteiger partial charge < -0.3 is 14.8 Å². The largest absolute Gasteiger partial charge is 0.453 e. The van der Waals surface area contributed by atoms with Gasteiger partial charge in [0.2, 0.25) is 11.9 Å². The third-order valence-electron chi connectivity index (χ3n) is 4.32. The van der Waals surface area contributed by atoms with Crippen LogP contribution in [0, 0.1) is 13.8 Å². The maximum atomic E-state index is 12.1. The first-order valence-electron chi connectivity index (χ1n) is 9.73. The fourth-order valence-corrected chi connectivity index (χ4v) is 3.39. The van der Waals surface area contributed by atoms with Gasteiger partial charge >= 0.3 is 12.2 Å². The second-order valence-corrected chi connectivity index (χ2v) is 7.77. The standard InChI is InChI=1S/C22H26N4O5S/c1-6-19(27)23-18-12-16(32-15-8-7-13(2)14(3)11-15)9-10-17(18)24-20(25-21(28)30-4)26-22(29)31-5/h7-12H,6H2,1-5H3,(H,23,27)(H2,24,25,26,28,29). The smallest absolute Gasteiger partial charge is 0.413 e. The molecule has 0 atom stereocenters. The summed E-state index contributed by atoms with van der Waals surface area (Å²) in [4.78, 5) is 41.5. The van der Waals surface area contributed by atoms with Crippen molar-refractivity contribution in [1.29, 1.82) is 0 Å². The molecule has 3 N–H and O–H groups in total. The second kappa shape index (κ2) is 11.8. The number of alkyl carbamates (subject to hydrolysis) is 2. The number of anilines is 1. The first-order valence-corrected chi connectivity index (χ1v) is 10.5. The maximum absolute atomic E-state index is 12.1. The van der Waals surface area contributed by atoms with Crippen molar-refractivity contribution >= 4 is 47.2 Å². The molecule has 10 heteroatoms. The lowest BCUT2D eigenvalue weighted by Crippen LogP contribution is -2.43. The van der Waals surface area contributed by atoms with E-state index in [2.05, 4.69) is 49.5 Å². The van der Waals surface area contributed by atoms with E-state index in [4.69, 9.17) is 0 Å². The lowest BCUT2D eigenvalue weighted by atomic mass is 10.1. The van der Waals surface area contributed by atoms with Crippen molar-refractivity contribution in [3.05, 3.63) is 47.5 Å². The van der Waals surface area contributed by atoms with Gasteiger partial charge in [0, 0.05) is 16.2 Å². The number of aryl methyl sites for hydroxylation is 2. The average molecular weight is 459 g/mol. The summed E-state index contributed by atoms with van der Waals surface area (Å²) in [7, 11) is 2.35. The average Bonchev–Trinajstić information content (AvgIpc) is 2.77. The zero-order chi connectivity index (χ0) is 23.7. The topological polar surface area (TPSA) is 118 Å². The van der Waals surface area contributed by atoms with Crippen molar-refractivity contribution in [1.82, 2.24) is 10.6 Å². The van der Waals surface area contributed by atoms with Gasteiger partial charge in [-0.3, -0.25) is 15.4 Å². The number of carbonyl (C=O) groups excluding carboxylic acids is 3. The monoisotopic (exact) mass is 458 g/mol. The molecule has 0 bridgehead atoms. The third-order valence-corrected chi connectivity index (χ3v) is 5.30. The third kappa shape index (κ3) is 7.31. The minimum atomic E-state index is -0.832. The highest BCUT2D eigenvalue weighted by molar-refractivity contribution is 7.99. The van der Waals surface area contributed by atoms with E-state index in [1.807, 2.05) is 19.1 Å². The van der Waals surface area contributed by atoms with Gasteiger partial charge in [-0.1, -0.05) is 24.8 Å². The number of benzene rings is 2. The lowest BCUT2D eigenvalue weighted by molar-refractivity contribution is -0.115. The minimum absolute atomic E-state index is 0.210. The van der Waals surface area contributed by atoms with Crippen LogP contribution in [0.3, 0.4) is 0 Å². The summed E-state index contributed by atoms with van der Waals surface area (Å²) in [6.07, 6.45) is -1.40. The van der Waals surface area contributed by atoms with Crippen LogP contribution in [-0.4, -0.2) is 38.3 Å². The molecule has 0 spiro atoms. The van der Waals surface area contributed by atoms with Crippen LogP contribution < -0.4 is 16.0 Å². The zero-order valence-corrected chi connectivity index (χ0v) is 19.4. The summed E-state index contributed by atoms with van der Waals surface area (Å²) < 4.78 is 9.11. The molecule has 2 aromatic rings. The number of amides is 3. The van der Waals surface area contributed by atoms with Crippen LogP contribution in [0.1, 0.15) is 24.5 Å².